The molecular weight excluding hydrogens is 428 g/mol. The fraction of sp³-hybridized carbons (Fsp3) is 0.286. The third-order valence-corrected chi connectivity index (χ3v) is 4.65. The lowest BCUT2D eigenvalue weighted by atomic mass is 10.0. The van der Waals surface area contributed by atoms with Crippen LogP contribution in [0.2, 0.25) is 0 Å². The number of ether oxygens (including phenoxy) is 1. The minimum Gasteiger partial charge on any atom is -0.373 e. The molecule has 0 aromatic heterocycles. The summed E-state index contributed by atoms with van der Waals surface area (Å²) in [5.41, 5.74) is -0.862. The van der Waals surface area contributed by atoms with Gasteiger partial charge in [0.25, 0.3) is 0 Å². The first-order chi connectivity index (χ1) is 15.3. The molecule has 0 amide bonds. The molecule has 0 aliphatic carbocycles. The van der Waals surface area contributed by atoms with Crippen molar-refractivity contribution in [2.75, 3.05) is 6.61 Å². The molecule has 0 aliphatic heterocycles. The average Bonchev–Trinajstić information content (AvgIpc) is 2.82. The normalized spacial score (nSPS) is 14.2. The van der Waals surface area contributed by atoms with Gasteiger partial charge in [-0.05, 0) is 36.5 Å². The van der Waals surface area contributed by atoms with Gasteiger partial charge in [0.1, 0.15) is 0 Å². The molecule has 0 heterocycles. The summed E-state index contributed by atoms with van der Waals surface area (Å²) in [6, 6.07) is 0. The van der Waals surface area contributed by atoms with Gasteiger partial charge < -0.3 is 4.74 Å². The van der Waals surface area contributed by atoms with E-state index in [4.69, 9.17) is 4.74 Å². The van der Waals surface area contributed by atoms with Gasteiger partial charge in [0, 0.05) is 23.3 Å². The van der Waals surface area contributed by atoms with E-state index in [1.165, 1.54) is 19.1 Å². The van der Waals surface area contributed by atoms with Gasteiger partial charge in [0.2, 0.25) is 0 Å². The maximum absolute atomic E-state index is 14.5. The fourth-order valence-corrected chi connectivity index (χ4v) is 1.98. The second-order valence-electron chi connectivity index (χ2n) is 7.39. The molecule has 2 unspecified atom stereocenters. The van der Waals surface area contributed by atoms with Gasteiger partial charge in [0.05, 0.1) is 6.10 Å². The van der Waals surface area contributed by atoms with E-state index in [2.05, 4.69) is 52.6 Å². The summed E-state index contributed by atoms with van der Waals surface area (Å²) in [5.74, 6) is -4.48. The Hall–Kier alpha value is -2.92. The number of hydrogen-bond donors (Lipinski definition) is 0. The minimum atomic E-state index is -1.23. The molecule has 0 bridgehead atoms. The largest absolute Gasteiger partial charge is 0.373 e. The predicted octanol–water partition coefficient (Wildman–Crippen LogP) is 9.45. The first-order valence-corrected chi connectivity index (χ1v) is 10.3. The third-order valence-electron chi connectivity index (χ3n) is 4.65. The molecule has 0 saturated carbocycles. The van der Waals surface area contributed by atoms with Crippen LogP contribution in [-0.2, 0) is 4.74 Å². The van der Waals surface area contributed by atoms with E-state index >= 15 is 0 Å². The van der Waals surface area contributed by atoms with Crippen LogP contribution in [0.3, 0.4) is 0 Å². The van der Waals surface area contributed by atoms with Gasteiger partial charge in [-0.15, -0.1) is 13.2 Å². The Labute approximate surface area is 196 Å². The summed E-state index contributed by atoms with van der Waals surface area (Å²) < 4.78 is 62.2. The molecule has 0 aromatic carbocycles. The highest BCUT2D eigenvalue weighted by molar-refractivity contribution is 5.54. The van der Waals surface area contributed by atoms with Crippen LogP contribution >= 0.6 is 0 Å². The maximum Gasteiger partial charge on any atom is 0.166 e. The van der Waals surface area contributed by atoms with Crippen LogP contribution in [0, 0.1) is 5.92 Å². The number of hydrogen-bond acceptors (Lipinski definition) is 1. The minimum absolute atomic E-state index is 0.00679. The van der Waals surface area contributed by atoms with Crippen LogP contribution in [-0.4, -0.2) is 12.7 Å². The van der Waals surface area contributed by atoms with Gasteiger partial charge in [-0.2, -0.15) is 0 Å². The first-order valence-electron chi connectivity index (χ1n) is 10.3. The Kier molecular flexibility index (Phi) is 15.5. The van der Waals surface area contributed by atoms with Crippen molar-refractivity contribution in [3.63, 3.8) is 0 Å². The highest BCUT2D eigenvalue weighted by Gasteiger charge is 2.20. The summed E-state index contributed by atoms with van der Waals surface area (Å²) in [6.45, 7) is 34.3. The van der Waals surface area contributed by atoms with Crippen molar-refractivity contribution in [1.82, 2.24) is 0 Å². The molecule has 5 heteroatoms. The topological polar surface area (TPSA) is 9.23 Å². The highest BCUT2D eigenvalue weighted by atomic mass is 19.2. The van der Waals surface area contributed by atoms with Gasteiger partial charge in [-0.25, -0.2) is 17.6 Å². The summed E-state index contributed by atoms with van der Waals surface area (Å²) in [7, 11) is 0. The van der Waals surface area contributed by atoms with Gasteiger partial charge in [-0.1, -0.05) is 71.9 Å². The van der Waals surface area contributed by atoms with Crippen LogP contribution in [0.15, 0.2) is 122 Å². The van der Waals surface area contributed by atoms with Crippen LogP contribution in [0.5, 0.6) is 0 Å². The Morgan fingerprint density at radius 2 is 1.15 bits per heavy atom. The van der Waals surface area contributed by atoms with Crippen LogP contribution < -0.4 is 0 Å². The smallest absolute Gasteiger partial charge is 0.166 e. The second-order valence-corrected chi connectivity index (χ2v) is 7.39. The van der Waals surface area contributed by atoms with Crippen molar-refractivity contribution in [3.8, 4) is 0 Å². The zero-order valence-electron chi connectivity index (χ0n) is 20.3. The fourth-order valence-electron chi connectivity index (χ4n) is 1.98. The summed E-state index contributed by atoms with van der Waals surface area (Å²) >= 11 is 0. The molecule has 0 spiro atoms. The zero-order chi connectivity index (χ0) is 26.5. The van der Waals surface area contributed by atoms with E-state index in [9.17, 15) is 17.6 Å². The van der Waals surface area contributed by atoms with Gasteiger partial charge >= 0.3 is 0 Å². The highest BCUT2D eigenvalue weighted by Crippen LogP contribution is 2.30. The van der Waals surface area contributed by atoms with Crippen molar-refractivity contribution >= 4 is 0 Å². The van der Waals surface area contributed by atoms with E-state index in [0.29, 0.717) is 6.61 Å². The van der Waals surface area contributed by atoms with Crippen molar-refractivity contribution in [1.29, 1.82) is 0 Å². The number of halogens is 4. The number of rotatable bonds is 13. The van der Waals surface area contributed by atoms with E-state index in [1.807, 2.05) is 13.8 Å². The molecule has 182 valence electrons. The molecule has 1 nitrogen and oxygen atoms in total. The lowest BCUT2D eigenvalue weighted by Crippen LogP contribution is -2.16. The van der Waals surface area contributed by atoms with Crippen molar-refractivity contribution in [2.45, 2.75) is 40.2 Å². The summed E-state index contributed by atoms with van der Waals surface area (Å²) in [6.07, 6.45) is 2.67. The molecule has 0 N–H and O–H groups in total. The summed E-state index contributed by atoms with van der Waals surface area (Å²) in [5, 5.41) is 0. The molecule has 33 heavy (non-hydrogen) atoms. The second kappa shape index (κ2) is 15.8. The lowest BCUT2D eigenvalue weighted by molar-refractivity contribution is 0.0640. The van der Waals surface area contributed by atoms with Gasteiger partial charge in [0.15, 0.2) is 23.3 Å². The monoisotopic (exact) mass is 464 g/mol. The number of allylic oxidation sites excluding steroid dienone is 10. The molecule has 0 aliphatic rings. The van der Waals surface area contributed by atoms with Crippen molar-refractivity contribution in [2.24, 2.45) is 5.92 Å². The van der Waals surface area contributed by atoms with E-state index < -0.39 is 29.4 Å². The molecule has 0 fully saturated rings. The standard InChI is InChI=1S/C26H32F4O.C2H4/c1-11-16(4)14-31-22(10)21(9)26(30)25(29)20(8)18(6)13-12-17(5)19(7)24(28)23(27)15(2)3;1-2/h12-13,16,22H,2,5-9,11,14H2,1,3-4,10H3;1-2H2/b13-12-,24-23-,26-25-;. The van der Waals surface area contributed by atoms with E-state index in [0.717, 1.165) is 6.42 Å². The third kappa shape index (κ3) is 10.5. The Bertz CT molecular complexity index is 884. The Balaban J connectivity index is 0. The van der Waals surface area contributed by atoms with Crippen molar-refractivity contribution in [3.05, 3.63) is 122 Å². The SMILES string of the molecule is C=C.C=C(/C=C\C(=C)C(=C)/C(F)=C(/F)C(=C)C(C)OCC(C)CC)C(=C)/C(F)=C(/F)C(=C)C. The van der Waals surface area contributed by atoms with Crippen LogP contribution in [0.4, 0.5) is 17.6 Å². The quantitative estimate of drug-likeness (QED) is 0.150. The van der Waals surface area contributed by atoms with Crippen LogP contribution in [0.25, 0.3) is 0 Å². The molecular formula is C28H36F4O. The van der Waals surface area contributed by atoms with E-state index in [1.54, 1.807) is 6.92 Å². The zero-order valence-corrected chi connectivity index (χ0v) is 20.3. The van der Waals surface area contributed by atoms with E-state index in [-0.39, 0.29) is 39.4 Å². The van der Waals surface area contributed by atoms with Gasteiger partial charge in [-0.3, -0.25) is 0 Å². The average molecular weight is 465 g/mol. The molecule has 0 rings (SSSR count). The summed E-state index contributed by atoms with van der Waals surface area (Å²) in [4.78, 5) is 0. The first kappa shape index (κ1) is 32.3. The maximum atomic E-state index is 14.5. The van der Waals surface area contributed by atoms with Crippen LogP contribution in [0.1, 0.15) is 34.1 Å². The lowest BCUT2D eigenvalue weighted by Gasteiger charge is -2.18. The molecule has 0 saturated heterocycles. The van der Waals surface area contributed by atoms with Crippen molar-refractivity contribution < 1.29 is 22.3 Å². The Morgan fingerprint density at radius 1 is 0.758 bits per heavy atom. The molecule has 0 radical (unpaired) electrons. The Morgan fingerprint density at radius 3 is 1.52 bits per heavy atom. The predicted molar refractivity (Wildman–Crippen MR) is 134 cm³/mol. The molecule has 2 atom stereocenters. The molecule has 0 aromatic rings.